The fourth-order valence-corrected chi connectivity index (χ4v) is 3.64. The number of rotatable bonds is 7. The largest absolute Gasteiger partial charge is 0.355 e. The van der Waals surface area contributed by atoms with E-state index in [4.69, 9.17) is 0 Å². The van der Waals surface area contributed by atoms with Crippen molar-refractivity contribution in [1.82, 2.24) is 15.5 Å². The molecule has 0 aromatic rings. The molecule has 118 valence electrons. The zero-order valence-electron chi connectivity index (χ0n) is 12.7. The number of hydrogen-bond donors (Lipinski definition) is 2. The van der Waals surface area contributed by atoms with Gasteiger partial charge in [0, 0.05) is 38.1 Å². The van der Waals surface area contributed by atoms with Crippen LogP contribution in [-0.4, -0.2) is 69.5 Å². The first kappa shape index (κ1) is 17.4. The van der Waals surface area contributed by atoms with Crippen molar-refractivity contribution in [2.75, 3.05) is 38.2 Å². The average molecular weight is 305 g/mol. The summed E-state index contributed by atoms with van der Waals surface area (Å²) in [5.41, 5.74) is 0. The number of nitrogens with one attached hydrogen (secondary N) is 2. The number of sulfone groups is 1. The molecule has 1 aliphatic heterocycles. The molecule has 0 saturated carbocycles. The van der Waals surface area contributed by atoms with Crippen LogP contribution in [0.15, 0.2) is 0 Å². The van der Waals surface area contributed by atoms with E-state index in [9.17, 15) is 13.2 Å². The Kier molecular flexibility index (Phi) is 6.91. The summed E-state index contributed by atoms with van der Waals surface area (Å²) in [4.78, 5) is 14.0. The lowest BCUT2D eigenvalue weighted by Gasteiger charge is -2.25. The Morgan fingerprint density at radius 1 is 1.50 bits per heavy atom. The Morgan fingerprint density at radius 2 is 2.20 bits per heavy atom. The minimum atomic E-state index is -2.98. The van der Waals surface area contributed by atoms with E-state index in [-0.39, 0.29) is 29.9 Å². The SMILES string of the molecule is CCC(C)N(C)CCNC(=O)CC1CS(=O)(=O)CCN1. The fraction of sp³-hybridized carbons (Fsp3) is 0.923. The highest BCUT2D eigenvalue weighted by molar-refractivity contribution is 7.91. The summed E-state index contributed by atoms with van der Waals surface area (Å²) in [7, 11) is -0.940. The lowest BCUT2D eigenvalue weighted by atomic mass is 10.2. The molecular formula is C13H27N3O3S. The highest BCUT2D eigenvalue weighted by Gasteiger charge is 2.25. The van der Waals surface area contributed by atoms with Crippen molar-refractivity contribution >= 4 is 15.7 Å². The van der Waals surface area contributed by atoms with Gasteiger partial charge in [-0.2, -0.15) is 0 Å². The zero-order chi connectivity index (χ0) is 15.2. The van der Waals surface area contributed by atoms with E-state index in [1.165, 1.54) is 0 Å². The molecule has 7 heteroatoms. The molecule has 1 aliphatic rings. The van der Waals surface area contributed by atoms with Gasteiger partial charge in [-0.3, -0.25) is 4.79 Å². The van der Waals surface area contributed by atoms with E-state index in [1.807, 2.05) is 7.05 Å². The van der Waals surface area contributed by atoms with Crippen molar-refractivity contribution in [3.63, 3.8) is 0 Å². The van der Waals surface area contributed by atoms with Crippen LogP contribution >= 0.6 is 0 Å². The molecule has 0 aromatic heterocycles. The zero-order valence-corrected chi connectivity index (χ0v) is 13.5. The maximum Gasteiger partial charge on any atom is 0.221 e. The van der Waals surface area contributed by atoms with Crippen LogP contribution < -0.4 is 10.6 Å². The molecule has 6 nitrogen and oxygen atoms in total. The van der Waals surface area contributed by atoms with Gasteiger partial charge in [0.05, 0.1) is 11.5 Å². The number of likely N-dealkylation sites (N-methyl/N-ethyl adjacent to an activating group) is 1. The highest BCUT2D eigenvalue weighted by Crippen LogP contribution is 2.04. The molecule has 0 bridgehead atoms. The summed E-state index contributed by atoms with van der Waals surface area (Å²) >= 11 is 0. The van der Waals surface area contributed by atoms with Crippen LogP contribution in [0.5, 0.6) is 0 Å². The summed E-state index contributed by atoms with van der Waals surface area (Å²) in [6.07, 6.45) is 1.31. The quantitative estimate of drug-likeness (QED) is 0.670. The first-order valence-electron chi connectivity index (χ1n) is 7.24. The third-order valence-electron chi connectivity index (χ3n) is 3.86. The van der Waals surface area contributed by atoms with Crippen LogP contribution in [0.25, 0.3) is 0 Å². The molecule has 0 aliphatic carbocycles. The Hall–Kier alpha value is -0.660. The molecule has 1 amide bonds. The molecule has 20 heavy (non-hydrogen) atoms. The Balaban J connectivity index is 2.23. The molecule has 0 spiro atoms. The van der Waals surface area contributed by atoms with Gasteiger partial charge in [-0.1, -0.05) is 6.92 Å². The third-order valence-corrected chi connectivity index (χ3v) is 5.60. The van der Waals surface area contributed by atoms with Gasteiger partial charge in [0.1, 0.15) is 0 Å². The number of amides is 1. The molecular weight excluding hydrogens is 278 g/mol. The summed E-state index contributed by atoms with van der Waals surface area (Å²) in [6, 6.07) is 0.248. The molecule has 1 heterocycles. The van der Waals surface area contributed by atoms with Crippen LogP contribution in [0.4, 0.5) is 0 Å². The molecule has 1 saturated heterocycles. The molecule has 2 N–H and O–H groups in total. The van der Waals surface area contributed by atoms with Crippen LogP contribution in [0, 0.1) is 0 Å². The Bertz CT molecular complexity index is 411. The van der Waals surface area contributed by atoms with E-state index in [0.717, 1.165) is 13.0 Å². The monoisotopic (exact) mass is 305 g/mol. The van der Waals surface area contributed by atoms with E-state index in [0.29, 0.717) is 19.1 Å². The average Bonchev–Trinajstić information content (AvgIpc) is 2.36. The summed E-state index contributed by atoms with van der Waals surface area (Å²) < 4.78 is 23.0. The second kappa shape index (κ2) is 7.95. The topological polar surface area (TPSA) is 78.5 Å². The standard InChI is InChI=1S/C13H27N3O3S/c1-4-11(2)16(3)7-5-15-13(17)9-12-10-20(18,19)8-6-14-12/h11-12,14H,4-10H2,1-3H3,(H,15,17). The first-order valence-corrected chi connectivity index (χ1v) is 9.07. The first-order chi connectivity index (χ1) is 9.34. The summed E-state index contributed by atoms with van der Waals surface area (Å²) in [6.45, 7) is 6.13. The van der Waals surface area contributed by atoms with E-state index in [1.54, 1.807) is 0 Å². The van der Waals surface area contributed by atoms with Crippen molar-refractivity contribution in [3.8, 4) is 0 Å². The van der Waals surface area contributed by atoms with E-state index in [2.05, 4.69) is 29.4 Å². The van der Waals surface area contributed by atoms with Gasteiger partial charge in [-0.15, -0.1) is 0 Å². The highest BCUT2D eigenvalue weighted by atomic mass is 32.2. The van der Waals surface area contributed by atoms with Gasteiger partial charge in [-0.05, 0) is 20.4 Å². The molecule has 1 fully saturated rings. The van der Waals surface area contributed by atoms with Crippen LogP contribution in [0.3, 0.4) is 0 Å². The van der Waals surface area contributed by atoms with Crippen molar-refractivity contribution in [2.24, 2.45) is 0 Å². The minimum absolute atomic E-state index is 0.0627. The molecule has 2 unspecified atom stereocenters. The second-order valence-electron chi connectivity index (χ2n) is 5.56. The van der Waals surface area contributed by atoms with Gasteiger partial charge in [0.2, 0.25) is 5.91 Å². The number of hydrogen-bond acceptors (Lipinski definition) is 5. The fourth-order valence-electron chi connectivity index (χ4n) is 2.20. The number of nitrogens with zero attached hydrogens (tertiary/aromatic N) is 1. The molecule has 2 atom stereocenters. The van der Waals surface area contributed by atoms with Gasteiger partial charge < -0.3 is 15.5 Å². The van der Waals surface area contributed by atoms with Crippen LogP contribution in [0.1, 0.15) is 26.7 Å². The van der Waals surface area contributed by atoms with Crippen molar-refractivity contribution in [2.45, 2.75) is 38.8 Å². The number of carbonyl (C=O) groups excluding carboxylic acids is 1. The smallest absolute Gasteiger partial charge is 0.221 e. The molecule has 1 rings (SSSR count). The number of carbonyl (C=O) groups is 1. The van der Waals surface area contributed by atoms with Gasteiger partial charge in [0.15, 0.2) is 9.84 Å². The van der Waals surface area contributed by atoms with Crippen molar-refractivity contribution in [1.29, 1.82) is 0 Å². The maximum atomic E-state index is 11.8. The van der Waals surface area contributed by atoms with Gasteiger partial charge in [0.25, 0.3) is 0 Å². The molecule has 0 radical (unpaired) electrons. The third kappa shape index (κ3) is 6.19. The van der Waals surface area contributed by atoms with Gasteiger partial charge >= 0.3 is 0 Å². The normalized spacial score (nSPS) is 23.5. The summed E-state index contributed by atoms with van der Waals surface area (Å²) in [5, 5.41) is 5.93. The summed E-state index contributed by atoms with van der Waals surface area (Å²) in [5.74, 6) is 0.148. The van der Waals surface area contributed by atoms with E-state index >= 15 is 0 Å². The Morgan fingerprint density at radius 3 is 2.80 bits per heavy atom. The van der Waals surface area contributed by atoms with E-state index < -0.39 is 9.84 Å². The predicted molar refractivity (Wildman–Crippen MR) is 80.5 cm³/mol. The van der Waals surface area contributed by atoms with Gasteiger partial charge in [-0.25, -0.2) is 8.42 Å². The molecule has 0 aromatic carbocycles. The van der Waals surface area contributed by atoms with Crippen molar-refractivity contribution in [3.05, 3.63) is 0 Å². The van der Waals surface area contributed by atoms with Crippen molar-refractivity contribution < 1.29 is 13.2 Å². The second-order valence-corrected chi connectivity index (χ2v) is 7.79. The maximum absolute atomic E-state index is 11.8. The lowest BCUT2D eigenvalue weighted by molar-refractivity contribution is -0.121. The Labute approximate surface area is 122 Å². The minimum Gasteiger partial charge on any atom is -0.355 e. The predicted octanol–water partition coefficient (Wildman–Crippen LogP) is -0.390. The van der Waals surface area contributed by atoms with Crippen LogP contribution in [0.2, 0.25) is 0 Å². The van der Waals surface area contributed by atoms with Crippen LogP contribution in [-0.2, 0) is 14.6 Å². The lowest BCUT2D eigenvalue weighted by Crippen LogP contribution is -2.47.